The molecule has 1 aliphatic rings. The summed E-state index contributed by atoms with van der Waals surface area (Å²) in [4.78, 5) is 16.6. The molecule has 2 heterocycles. The number of carbonyl (C=O) groups excluding carboxylic acids is 1. The van der Waals surface area contributed by atoms with E-state index in [4.69, 9.17) is 4.52 Å². The minimum atomic E-state index is -3.08. The molecule has 0 bridgehead atoms. The van der Waals surface area contributed by atoms with Crippen molar-refractivity contribution < 1.29 is 18.4 Å². The van der Waals surface area contributed by atoms with Crippen LogP contribution in [0.25, 0.3) is 0 Å². The Hall–Kier alpha value is -2.03. The molecule has 0 aliphatic carbocycles. The summed E-state index contributed by atoms with van der Waals surface area (Å²) in [6.45, 7) is 8.20. The Morgan fingerprint density at radius 3 is 2.41 bits per heavy atom. The van der Waals surface area contributed by atoms with Crippen LogP contribution in [0.2, 0.25) is 0 Å². The summed E-state index contributed by atoms with van der Waals surface area (Å²) in [7, 11) is -3.08. The number of hydrogen-bond donors (Lipinski definition) is 2. The van der Waals surface area contributed by atoms with E-state index < -0.39 is 10.6 Å². The van der Waals surface area contributed by atoms with Crippen molar-refractivity contribution in [2.75, 3.05) is 36.8 Å². The molecule has 2 N–H and O–H groups in total. The second-order valence-corrected chi connectivity index (χ2v) is 9.23. The van der Waals surface area contributed by atoms with Gasteiger partial charge in [-0.2, -0.15) is 10.6 Å². The third kappa shape index (κ3) is 4.63. The topological polar surface area (TPSA) is 90.0 Å². The molecule has 1 fully saturated rings. The van der Waals surface area contributed by atoms with Crippen LogP contribution in [0.3, 0.4) is 0 Å². The summed E-state index contributed by atoms with van der Waals surface area (Å²) in [5.41, 5.74) is 3.71. The highest BCUT2D eigenvalue weighted by Crippen LogP contribution is 2.43. The van der Waals surface area contributed by atoms with Crippen molar-refractivity contribution in [2.24, 2.45) is 0 Å². The highest BCUT2D eigenvalue weighted by atomic mass is 32.3. The summed E-state index contributed by atoms with van der Waals surface area (Å²) >= 11 is 0. The summed E-state index contributed by atoms with van der Waals surface area (Å²) in [6.07, 6.45) is 0. The van der Waals surface area contributed by atoms with Gasteiger partial charge < -0.3 is 14.3 Å². The number of aryl methyl sites for hydroxylation is 3. The van der Waals surface area contributed by atoms with Crippen LogP contribution in [0.1, 0.15) is 22.6 Å². The molecule has 148 valence electrons. The average Bonchev–Trinajstić information content (AvgIpc) is 2.93. The first kappa shape index (κ1) is 19.7. The number of aromatic nitrogens is 1. The largest absolute Gasteiger partial charge is 0.368 e. The fraction of sp³-hybridized carbons (Fsp3) is 0.474. The van der Waals surface area contributed by atoms with E-state index in [1.807, 2.05) is 12.1 Å². The second kappa shape index (κ2) is 7.92. The molecule has 1 aromatic carbocycles. The maximum absolute atomic E-state index is 12.6. The Kier molecular flexibility index (Phi) is 5.78. The van der Waals surface area contributed by atoms with Crippen molar-refractivity contribution in [2.45, 2.75) is 26.5 Å². The van der Waals surface area contributed by atoms with Gasteiger partial charge in [-0.25, -0.2) is 0 Å². The predicted octanol–water partition coefficient (Wildman–Crippen LogP) is 3.20. The van der Waals surface area contributed by atoms with E-state index in [0.717, 1.165) is 13.1 Å². The van der Waals surface area contributed by atoms with Crippen molar-refractivity contribution in [3.8, 4) is 0 Å². The first-order valence-corrected chi connectivity index (χ1v) is 10.9. The quantitative estimate of drug-likeness (QED) is 0.811. The van der Waals surface area contributed by atoms with E-state index in [2.05, 4.69) is 29.1 Å². The molecule has 1 aromatic heterocycles. The maximum atomic E-state index is 12.6. The van der Waals surface area contributed by atoms with Crippen molar-refractivity contribution in [3.63, 3.8) is 0 Å². The molecule has 1 saturated heterocycles. The summed E-state index contributed by atoms with van der Waals surface area (Å²) < 4.78 is 25.9. The van der Waals surface area contributed by atoms with Gasteiger partial charge in [-0.3, -0.25) is 13.9 Å². The Morgan fingerprint density at radius 1 is 1.15 bits per heavy atom. The van der Waals surface area contributed by atoms with Gasteiger partial charge in [0.25, 0.3) is 0 Å². The number of nitrogens with zero attached hydrogens (tertiary/aromatic N) is 3. The van der Waals surface area contributed by atoms with Crippen LogP contribution in [-0.2, 0) is 10.5 Å². The zero-order valence-electron chi connectivity index (χ0n) is 16.0. The van der Waals surface area contributed by atoms with Gasteiger partial charge >= 0.3 is 0 Å². The second-order valence-electron chi connectivity index (χ2n) is 7.05. The normalized spacial score (nSPS) is 15.9. The van der Waals surface area contributed by atoms with Crippen molar-refractivity contribution in [3.05, 3.63) is 46.8 Å². The van der Waals surface area contributed by atoms with Crippen LogP contribution >= 0.6 is 10.6 Å². The average molecular weight is 394 g/mol. The molecule has 27 heavy (non-hydrogen) atoms. The van der Waals surface area contributed by atoms with E-state index in [1.54, 1.807) is 18.7 Å². The zero-order chi connectivity index (χ0) is 19.6. The van der Waals surface area contributed by atoms with Gasteiger partial charge in [0.05, 0.1) is 11.4 Å². The number of anilines is 1. The lowest BCUT2D eigenvalue weighted by atomic mass is 10.1. The first-order valence-electron chi connectivity index (χ1n) is 9.00. The van der Waals surface area contributed by atoms with Crippen molar-refractivity contribution in [1.29, 1.82) is 0 Å². The van der Waals surface area contributed by atoms with Crippen LogP contribution in [0.4, 0.5) is 5.69 Å². The number of piperazine rings is 1. The fourth-order valence-electron chi connectivity index (χ4n) is 3.39. The molecule has 0 spiro atoms. The molecule has 7 nitrogen and oxygen atoms in total. The predicted molar refractivity (Wildman–Crippen MR) is 107 cm³/mol. The van der Waals surface area contributed by atoms with Crippen LogP contribution in [-0.4, -0.2) is 57.0 Å². The Balaban J connectivity index is 1.57. The standard InChI is InChI=1S/C19H27N3O4S/c1-14-6-4-5-7-18(14)21-8-10-22(11-9-21)19(23)13-27(24,25)12-17-15(2)20-26-16(17)3/h4-7,24-25H,8-13H2,1-3H3. The molecule has 0 atom stereocenters. The lowest BCUT2D eigenvalue weighted by Gasteiger charge is -2.39. The molecule has 1 aliphatic heterocycles. The van der Waals surface area contributed by atoms with Gasteiger partial charge in [0.15, 0.2) is 0 Å². The van der Waals surface area contributed by atoms with E-state index in [-0.39, 0.29) is 17.4 Å². The number of amides is 1. The summed E-state index contributed by atoms with van der Waals surface area (Å²) in [5.74, 6) is 0.0859. The lowest BCUT2D eigenvalue weighted by Crippen LogP contribution is -2.50. The van der Waals surface area contributed by atoms with Gasteiger partial charge in [0.2, 0.25) is 5.91 Å². The lowest BCUT2D eigenvalue weighted by molar-refractivity contribution is -0.128. The number of benzene rings is 1. The molecule has 3 rings (SSSR count). The Morgan fingerprint density at radius 2 is 1.81 bits per heavy atom. The third-order valence-electron chi connectivity index (χ3n) is 5.00. The van der Waals surface area contributed by atoms with Crippen LogP contribution in [0, 0.1) is 20.8 Å². The van der Waals surface area contributed by atoms with Gasteiger partial charge in [0.1, 0.15) is 11.5 Å². The van der Waals surface area contributed by atoms with E-state index in [9.17, 15) is 13.9 Å². The summed E-state index contributed by atoms with van der Waals surface area (Å²) in [6, 6.07) is 8.20. The van der Waals surface area contributed by atoms with Gasteiger partial charge in [-0.1, -0.05) is 23.4 Å². The van der Waals surface area contributed by atoms with Gasteiger partial charge in [-0.05, 0) is 32.4 Å². The Bertz CT molecular complexity index is 794. The third-order valence-corrected chi connectivity index (χ3v) is 6.46. The molecule has 1 amide bonds. The van der Waals surface area contributed by atoms with Crippen LogP contribution < -0.4 is 4.90 Å². The smallest absolute Gasteiger partial charge is 0.241 e. The zero-order valence-corrected chi connectivity index (χ0v) is 16.8. The molecular weight excluding hydrogens is 366 g/mol. The molecule has 0 unspecified atom stereocenters. The number of carbonyl (C=O) groups is 1. The molecule has 2 aromatic rings. The van der Waals surface area contributed by atoms with E-state index >= 15 is 0 Å². The first-order chi connectivity index (χ1) is 12.8. The molecule has 0 radical (unpaired) electrons. The highest BCUT2D eigenvalue weighted by Gasteiger charge is 2.27. The van der Waals surface area contributed by atoms with Crippen LogP contribution in [0.5, 0.6) is 0 Å². The Labute approximate surface area is 161 Å². The van der Waals surface area contributed by atoms with Crippen LogP contribution in [0.15, 0.2) is 28.8 Å². The molecular formula is C19H27N3O4S. The van der Waals surface area contributed by atoms with E-state index in [0.29, 0.717) is 30.1 Å². The SMILES string of the molecule is Cc1ccccc1N1CCN(C(=O)CS(O)(O)Cc2c(C)noc2C)CC1. The van der Waals surface area contributed by atoms with Crippen molar-refractivity contribution >= 4 is 22.2 Å². The highest BCUT2D eigenvalue weighted by molar-refractivity contribution is 8.24. The van der Waals surface area contributed by atoms with Gasteiger partial charge in [0, 0.05) is 37.4 Å². The van der Waals surface area contributed by atoms with Gasteiger partial charge in [-0.15, -0.1) is 0 Å². The number of rotatable bonds is 5. The molecule has 8 heteroatoms. The minimum Gasteiger partial charge on any atom is -0.368 e. The number of hydrogen-bond acceptors (Lipinski definition) is 6. The molecule has 0 saturated carbocycles. The fourth-order valence-corrected chi connectivity index (χ4v) is 4.95. The maximum Gasteiger partial charge on any atom is 0.241 e. The summed E-state index contributed by atoms with van der Waals surface area (Å²) in [5, 5.41) is 3.83. The van der Waals surface area contributed by atoms with Crippen molar-refractivity contribution in [1.82, 2.24) is 10.1 Å². The van der Waals surface area contributed by atoms with E-state index in [1.165, 1.54) is 11.3 Å². The number of para-hydroxylation sites is 1. The monoisotopic (exact) mass is 393 g/mol. The minimum absolute atomic E-state index is 0.00306.